The molecular weight excluding hydrogens is 259 g/mol. The van der Waals surface area contributed by atoms with E-state index in [1.54, 1.807) is 0 Å². The molecule has 1 N–H and O–H groups in total. The van der Waals surface area contributed by atoms with Crippen molar-refractivity contribution in [3.05, 3.63) is 42.2 Å². The molecule has 1 heterocycles. The topological polar surface area (TPSA) is 42.4 Å². The van der Waals surface area contributed by atoms with Crippen molar-refractivity contribution in [2.45, 2.75) is 6.18 Å². The maximum Gasteiger partial charge on any atom is 0.417 e. The monoisotopic (exact) mass is 269 g/mol. The van der Waals surface area contributed by atoms with Gasteiger partial charge in [-0.15, -0.1) is 0 Å². The lowest BCUT2D eigenvalue weighted by Gasteiger charge is -2.14. The van der Waals surface area contributed by atoms with Crippen molar-refractivity contribution in [1.29, 1.82) is 0 Å². The lowest BCUT2D eigenvalue weighted by atomic mass is 10.0. The van der Waals surface area contributed by atoms with Crippen LogP contribution in [0, 0.1) is 0 Å². The molecule has 6 heteroatoms. The molecule has 0 bridgehead atoms. The number of aromatic hydroxyl groups is 1. The van der Waals surface area contributed by atoms with Gasteiger partial charge in [0.25, 0.3) is 0 Å². The van der Waals surface area contributed by atoms with E-state index in [1.165, 1.54) is 25.3 Å². The molecule has 1 aromatic carbocycles. The molecule has 0 amide bonds. The Hall–Kier alpha value is -2.24. The summed E-state index contributed by atoms with van der Waals surface area (Å²) in [5.74, 6) is -0.238. The van der Waals surface area contributed by atoms with Crippen molar-refractivity contribution < 1.29 is 23.0 Å². The fourth-order valence-electron chi connectivity index (χ4n) is 1.76. The third kappa shape index (κ3) is 2.47. The molecule has 2 aromatic rings. The fraction of sp³-hybridized carbons (Fsp3) is 0.154. The van der Waals surface area contributed by atoms with Crippen LogP contribution in [0.2, 0.25) is 0 Å². The number of phenols is 1. The molecule has 3 nitrogen and oxygen atoms in total. The lowest BCUT2D eigenvalue weighted by Crippen LogP contribution is -2.07. The van der Waals surface area contributed by atoms with Gasteiger partial charge < -0.3 is 9.84 Å². The maximum atomic E-state index is 12.9. The van der Waals surface area contributed by atoms with Gasteiger partial charge >= 0.3 is 6.18 Å². The molecule has 100 valence electrons. The van der Waals surface area contributed by atoms with E-state index < -0.39 is 11.7 Å². The van der Waals surface area contributed by atoms with E-state index in [9.17, 15) is 18.3 Å². The van der Waals surface area contributed by atoms with Gasteiger partial charge in [0.2, 0.25) is 0 Å². The molecule has 0 fully saturated rings. The average molecular weight is 269 g/mol. The van der Waals surface area contributed by atoms with Crippen LogP contribution in [0.1, 0.15) is 5.56 Å². The number of rotatable bonds is 2. The summed E-state index contributed by atoms with van der Waals surface area (Å²) < 4.78 is 43.6. The Labute approximate surface area is 107 Å². The van der Waals surface area contributed by atoms with Crippen LogP contribution >= 0.6 is 0 Å². The standard InChI is InChI=1S/C13H10F3NO2/c1-19-11-4-2-3-8(12(11)18)9-7-17-6-5-10(9)13(14,15)16/h2-7,18H,1H3. The first-order valence-corrected chi connectivity index (χ1v) is 5.32. The zero-order valence-corrected chi connectivity index (χ0v) is 9.90. The Morgan fingerprint density at radius 3 is 2.53 bits per heavy atom. The van der Waals surface area contributed by atoms with Gasteiger partial charge in [-0.1, -0.05) is 12.1 Å². The third-order valence-corrected chi connectivity index (χ3v) is 2.64. The second-order valence-electron chi connectivity index (χ2n) is 3.78. The van der Waals surface area contributed by atoms with Crippen molar-refractivity contribution in [3.8, 4) is 22.6 Å². The number of nitrogens with zero attached hydrogens (tertiary/aromatic N) is 1. The Bertz CT molecular complexity index is 597. The van der Waals surface area contributed by atoms with Gasteiger partial charge in [0.1, 0.15) is 0 Å². The van der Waals surface area contributed by atoms with Crippen LogP contribution in [0.5, 0.6) is 11.5 Å². The highest BCUT2D eigenvalue weighted by atomic mass is 19.4. The Kier molecular flexibility index (Phi) is 3.33. The van der Waals surface area contributed by atoms with Crippen molar-refractivity contribution in [3.63, 3.8) is 0 Å². The summed E-state index contributed by atoms with van der Waals surface area (Å²) >= 11 is 0. The number of phenolic OH excluding ortho intramolecular Hbond substituents is 1. The van der Waals surface area contributed by atoms with Gasteiger partial charge in [0, 0.05) is 23.5 Å². The highest BCUT2D eigenvalue weighted by molar-refractivity contribution is 5.75. The molecule has 0 saturated carbocycles. The number of hydrogen-bond donors (Lipinski definition) is 1. The van der Waals surface area contributed by atoms with Crippen LogP contribution in [0.15, 0.2) is 36.7 Å². The lowest BCUT2D eigenvalue weighted by molar-refractivity contribution is -0.137. The molecule has 19 heavy (non-hydrogen) atoms. The molecule has 1 aromatic heterocycles. The predicted molar refractivity (Wildman–Crippen MR) is 62.9 cm³/mol. The van der Waals surface area contributed by atoms with Crippen molar-refractivity contribution >= 4 is 0 Å². The van der Waals surface area contributed by atoms with Crippen LogP contribution < -0.4 is 4.74 Å². The number of methoxy groups -OCH3 is 1. The van der Waals surface area contributed by atoms with E-state index in [1.807, 2.05) is 0 Å². The first-order valence-electron chi connectivity index (χ1n) is 5.32. The summed E-state index contributed by atoms with van der Waals surface area (Å²) in [6.45, 7) is 0. The fourth-order valence-corrected chi connectivity index (χ4v) is 1.76. The summed E-state index contributed by atoms with van der Waals surface area (Å²) in [7, 11) is 1.33. The minimum absolute atomic E-state index is 0.0276. The molecule has 0 saturated heterocycles. The number of alkyl halides is 3. The normalized spacial score (nSPS) is 11.4. The SMILES string of the molecule is COc1cccc(-c2cnccc2C(F)(F)F)c1O. The molecule has 0 atom stereocenters. The summed E-state index contributed by atoms with van der Waals surface area (Å²) in [5.41, 5.74) is -1.02. The predicted octanol–water partition coefficient (Wildman–Crippen LogP) is 3.48. The number of para-hydroxylation sites is 1. The molecule has 0 aliphatic carbocycles. The highest BCUT2D eigenvalue weighted by Crippen LogP contribution is 2.42. The second kappa shape index (κ2) is 4.79. The first kappa shape index (κ1) is 13.2. The van der Waals surface area contributed by atoms with Crippen LogP contribution in [0.3, 0.4) is 0 Å². The van der Waals surface area contributed by atoms with E-state index in [0.717, 1.165) is 18.5 Å². The van der Waals surface area contributed by atoms with Crippen molar-refractivity contribution in [2.24, 2.45) is 0 Å². The minimum Gasteiger partial charge on any atom is -0.504 e. The van der Waals surface area contributed by atoms with Gasteiger partial charge in [-0.3, -0.25) is 4.98 Å². The summed E-state index contributed by atoms with van der Waals surface area (Å²) in [4.78, 5) is 3.68. The van der Waals surface area contributed by atoms with Crippen LogP contribution in [-0.4, -0.2) is 17.2 Å². The minimum atomic E-state index is -4.52. The van der Waals surface area contributed by atoms with E-state index >= 15 is 0 Å². The first-order chi connectivity index (χ1) is 8.95. The summed E-state index contributed by atoms with van der Waals surface area (Å²) in [5, 5.41) is 9.91. The van der Waals surface area contributed by atoms with E-state index in [0.29, 0.717) is 0 Å². The number of aromatic nitrogens is 1. The largest absolute Gasteiger partial charge is 0.504 e. The molecular formula is C13H10F3NO2. The Morgan fingerprint density at radius 2 is 1.89 bits per heavy atom. The van der Waals surface area contributed by atoms with E-state index in [2.05, 4.69) is 4.98 Å². The molecule has 0 spiro atoms. The van der Waals surface area contributed by atoms with Crippen molar-refractivity contribution in [1.82, 2.24) is 4.98 Å². The van der Waals surface area contributed by atoms with Crippen LogP contribution in [0.25, 0.3) is 11.1 Å². The van der Waals surface area contributed by atoms with Crippen molar-refractivity contribution in [2.75, 3.05) is 7.11 Å². The van der Waals surface area contributed by atoms with Gasteiger partial charge in [0.15, 0.2) is 11.5 Å². The Balaban J connectivity index is 2.67. The second-order valence-corrected chi connectivity index (χ2v) is 3.78. The highest BCUT2D eigenvalue weighted by Gasteiger charge is 2.34. The van der Waals surface area contributed by atoms with Gasteiger partial charge in [-0.25, -0.2) is 0 Å². The zero-order valence-electron chi connectivity index (χ0n) is 9.90. The number of hydrogen-bond acceptors (Lipinski definition) is 3. The Morgan fingerprint density at radius 1 is 1.16 bits per heavy atom. The number of pyridine rings is 1. The van der Waals surface area contributed by atoms with Crippen LogP contribution in [0.4, 0.5) is 13.2 Å². The van der Waals surface area contributed by atoms with E-state index in [4.69, 9.17) is 4.74 Å². The zero-order chi connectivity index (χ0) is 14.0. The summed E-state index contributed by atoms with van der Waals surface area (Å²) in [6.07, 6.45) is -2.39. The molecule has 2 rings (SSSR count). The van der Waals surface area contributed by atoms with E-state index in [-0.39, 0.29) is 22.6 Å². The third-order valence-electron chi connectivity index (χ3n) is 2.64. The smallest absolute Gasteiger partial charge is 0.417 e. The molecule has 0 aliphatic heterocycles. The van der Waals surface area contributed by atoms with Gasteiger partial charge in [-0.2, -0.15) is 13.2 Å². The molecule has 0 aliphatic rings. The number of ether oxygens (including phenoxy) is 1. The molecule has 0 unspecified atom stereocenters. The van der Waals surface area contributed by atoms with Gasteiger partial charge in [-0.05, 0) is 12.1 Å². The van der Waals surface area contributed by atoms with Gasteiger partial charge in [0.05, 0.1) is 12.7 Å². The van der Waals surface area contributed by atoms with Crippen LogP contribution in [-0.2, 0) is 6.18 Å². The quantitative estimate of drug-likeness (QED) is 0.907. The summed E-state index contributed by atoms with van der Waals surface area (Å²) in [6, 6.07) is 5.21. The number of benzene rings is 1. The average Bonchev–Trinajstić information content (AvgIpc) is 2.38. The number of halogens is 3. The maximum absolute atomic E-state index is 12.9. The molecule has 0 radical (unpaired) electrons.